The van der Waals surface area contributed by atoms with E-state index in [2.05, 4.69) is 0 Å². The molecule has 0 atom stereocenters. The Kier molecular flexibility index (Phi) is 5.41. The summed E-state index contributed by atoms with van der Waals surface area (Å²) in [4.78, 5) is 0. The third kappa shape index (κ3) is 3.11. The minimum atomic E-state index is -2.88. The first-order valence-corrected chi connectivity index (χ1v) is 6.54. The van der Waals surface area contributed by atoms with Crippen LogP contribution in [0.15, 0.2) is 0 Å². The molecule has 0 unspecified atom stereocenters. The lowest BCUT2D eigenvalue weighted by atomic mass is 9.96. The highest BCUT2D eigenvalue weighted by atomic mass is 35.5. The normalized spacial score (nSPS) is 28.6. The highest BCUT2D eigenvalue weighted by molar-refractivity contribution is 7.92. The van der Waals surface area contributed by atoms with Gasteiger partial charge in [0, 0.05) is 6.04 Å². The highest BCUT2D eigenvalue weighted by Crippen LogP contribution is 2.25. The van der Waals surface area contributed by atoms with Crippen LogP contribution in [0.2, 0.25) is 0 Å². The van der Waals surface area contributed by atoms with Crippen molar-refractivity contribution in [2.75, 3.05) is 0 Å². The second-order valence-corrected chi connectivity index (χ2v) is 6.96. The molecule has 1 aliphatic carbocycles. The van der Waals surface area contributed by atoms with Crippen LogP contribution in [0.1, 0.15) is 39.5 Å². The lowest BCUT2D eigenvalue weighted by Crippen LogP contribution is -2.36. The zero-order valence-corrected chi connectivity index (χ0v) is 10.4. The van der Waals surface area contributed by atoms with Gasteiger partial charge in [-0.15, -0.1) is 12.4 Å². The van der Waals surface area contributed by atoms with E-state index in [-0.39, 0.29) is 28.9 Å². The van der Waals surface area contributed by atoms with Crippen molar-refractivity contribution in [1.29, 1.82) is 0 Å². The first-order chi connectivity index (χ1) is 5.94. The molecule has 0 aromatic rings. The Morgan fingerprint density at radius 1 is 1.14 bits per heavy atom. The predicted molar refractivity (Wildman–Crippen MR) is 61.5 cm³/mol. The lowest BCUT2D eigenvalue weighted by Gasteiger charge is -2.27. The molecule has 86 valence electrons. The van der Waals surface area contributed by atoms with Crippen molar-refractivity contribution < 1.29 is 8.42 Å². The van der Waals surface area contributed by atoms with Crippen LogP contribution < -0.4 is 5.73 Å². The molecular weight excluding hydrogens is 222 g/mol. The number of rotatable bonds is 2. The molecule has 5 heteroatoms. The monoisotopic (exact) mass is 241 g/mol. The molecular formula is C9H20ClNO2S. The van der Waals surface area contributed by atoms with E-state index >= 15 is 0 Å². The third-order valence-corrected chi connectivity index (χ3v) is 5.56. The molecule has 0 aliphatic heterocycles. The predicted octanol–water partition coefficient (Wildman–Crippen LogP) is 1.50. The van der Waals surface area contributed by atoms with E-state index < -0.39 is 9.84 Å². The van der Waals surface area contributed by atoms with Crippen LogP contribution in [0.5, 0.6) is 0 Å². The maximum absolute atomic E-state index is 11.8. The maximum Gasteiger partial charge on any atom is 0.155 e. The summed E-state index contributed by atoms with van der Waals surface area (Å²) in [6.07, 6.45) is 3.22. The van der Waals surface area contributed by atoms with Crippen molar-refractivity contribution in [3.63, 3.8) is 0 Å². The second-order valence-electron chi connectivity index (χ2n) is 4.17. The van der Waals surface area contributed by atoms with Crippen LogP contribution >= 0.6 is 12.4 Å². The summed E-state index contributed by atoms with van der Waals surface area (Å²) in [6, 6.07) is 0.221. The van der Waals surface area contributed by atoms with E-state index in [0.29, 0.717) is 0 Å². The van der Waals surface area contributed by atoms with Crippen LogP contribution in [0, 0.1) is 0 Å². The van der Waals surface area contributed by atoms with Gasteiger partial charge >= 0.3 is 0 Å². The number of hydrogen-bond donors (Lipinski definition) is 1. The standard InChI is InChI=1S/C9H19NO2S.ClH/c1-7(2)13(11,12)9-5-3-8(10)4-6-9;/h7-9H,3-6,10H2,1-2H3;1H. The zero-order valence-electron chi connectivity index (χ0n) is 8.77. The summed E-state index contributed by atoms with van der Waals surface area (Å²) in [5, 5.41) is -0.376. The fourth-order valence-corrected chi connectivity index (χ4v) is 3.50. The van der Waals surface area contributed by atoms with Crippen molar-refractivity contribution in [2.45, 2.75) is 56.1 Å². The molecule has 1 aliphatic rings. The fourth-order valence-electron chi connectivity index (χ4n) is 1.80. The second kappa shape index (κ2) is 5.33. The Labute approximate surface area is 92.8 Å². The highest BCUT2D eigenvalue weighted by Gasteiger charge is 2.31. The summed E-state index contributed by atoms with van der Waals surface area (Å²) in [5.74, 6) is 0. The third-order valence-electron chi connectivity index (χ3n) is 2.84. The lowest BCUT2D eigenvalue weighted by molar-refractivity contribution is 0.432. The van der Waals surface area contributed by atoms with E-state index in [1.807, 2.05) is 0 Å². The quantitative estimate of drug-likeness (QED) is 0.797. The van der Waals surface area contributed by atoms with Crippen molar-refractivity contribution in [3.8, 4) is 0 Å². The number of hydrogen-bond acceptors (Lipinski definition) is 3. The van der Waals surface area contributed by atoms with Gasteiger partial charge in [-0.25, -0.2) is 8.42 Å². The Balaban J connectivity index is 0.00000169. The Morgan fingerprint density at radius 3 is 1.93 bits per heavy atom. The van der Waals surface area contributed by atoms with Gasteiger partial charge in [-0.05, 0) is 39.5 Å². The van der Waals surface area contributed by atoms with E-state index in [4.69, 9.17) is 5.73 Å². The molecule has 14 heavy (non-hydrogen) atoms. The van der Waals surface area contributed by atoms with Gasteiger partial charge < -0.3 is 5.73 Å². The summed E-state index contributed by atoms with van der Waals surface area (Å²) >= 11 is 0. The summed E-state index contributed by atoms with van der Waals surface area (Å²) < 4.78 is 23.5. The van der Waals surface area contributed by atoms with Gasteiger partial charge in [0.1, 0.15) is 0 Å². The van der Waals surface area contributed by atoms with Gasteiger partial charge in [-0.2, -0.15) is 0 Å². The van der Waals surface area contributed by atoms with E-state index in [1.54, 1.807) is 13.8 Å². The number of nitrogens with two attached hydrogens (primary N) is 1. The first kappa shape index (κ1) is 14.2. The maximum atomic E-state index is 11.8. The van der Waals surface area contributed by atoms with Crippen LogP contribution in [0.4, 0.5) is 0 Å². The van der Waals surface area contributed by atoms with Gasteiger partial charge in [0.15, 0.2) is 9.84 Å². The fraction of sp³-hybridized carbons (Fsp3) is 1.00. The van der Waals surface area contributed by atoms with Crippen molar-refractivity contribution >= 4 is 22.2 Å². The van der Waals surface area contributed by atoms with Gasteiger partial charge in [0.2, 0.25) is 0 Å². The van der Waals surface area contributed by atoms with Crippen molar-refractivity contribution in [3.05, 3.63) is 0 Å². The molecule has 0 amide bonds. The van der Waals surface area contributed by atoms with Crippen LogP contribution in [-0.2, 0) is 9.84 Å². The average molecular weight is 242 g/mol. The van der Waals surface area contributed by atoms with E-state index in [0.717, 1.165) is 25.7 Å². The molecule has 0 spiro atoms. The molecule has 0 saturated heterocycles. The summed E-state index contributed by atoms with van der Waals surface area (Å²) in [7, 11) is -2.88. The first-order valence-electron chi connectivity index (χ1n) is 4.93. The largest absolute Gasteiger partial charge is 0.328 e. The van der Waals surface area contributed by atoms with Gasteiger partial charge in [0.05, 0.1) is 10.5 Å². The molecule has 1 fully saturated rings. The van der Waals surface area contributed by atoms with Gasteiger partial charge in [-0.3, -0.25) is 0 Å². The van der Waals surface area contributed by atoms with Crippen molar-refractivity contribution in [1.82, 2.24) is 0 Å². The van der Waals surface area contributed by atoms with Crippen LogP contribution in [0.3, 0.4) is 0 Å². The summed E-state index contributed by atoms with van der Waals surface area (Å²) in [5.41, 5.74) is 5.72. The smallest absolute Gasteiger partial charge is 0.155 e. The van der Waals surface area contributed by atoms with Gasteiger partial charge in [-0.1, -0.05) is 0 Å². The van der Waals surface area contributed by atoms with E-state index in [9.17, 15) is 8.42 Å². The zero-order chi connectivity index (χ0) is 10.1. The molecule has 0 heterocycles. The van der Waals surface area contributed by atoms with Gasteiger partial charge in [0.25, 0.3) is 0 Å². The van der Waals surface area contributed by atoms with Crippen LogP contribution in [-0.4, -0.2) is 25.0 Å². The van der Waals surface area contributed by atoms with Crippen LogP contribution in [0.25, 0.3) is 0 Å². The molecule has 0 radical (unpaired) electrons. The molecule has 1 rings (SSSR count). The molecule has 1 saturated carbocycles. The molecule has 0 aromatic carbocycles. The molecule has 0 bridgehead atoms. The Bertz CT molecular complexity index is 256. The summed E-state index contributed by atoms with van der Waals surface area (Å²) in [6.45, 7) is 3.51. The number of halogens is 1. The Hall–Kier alpha value is 0.200. The topological polar surface area (TPSA) is 60.2 Å². The average Bonchev–Trinajstić information content (AvgIpc) is 2.04. The molecule has 3 nitrogen and oxygen atoms in total. The molecule has 2 N–H and O–H groups in total. The Morgan fingerprint density at radius 2 is 1.57 bits per heavy atom. The van der Waals surface area contributed by atoms with Crippen molar-refractivity contribution in [2.24, 2.45) is 5.73 Å². The minimum absolute atomic E-state index is 0. The van der Waals surface area contributed by atoms with E-state index in [1.165, 1.54) is 0 Å². The molecule has 0 aromatic heterocycles. The minimum Gasteiger partial charge on any atom is -0.328 e. The SMILES string of the molecule is CC(C)S(=O)(=O)C1CCC(N)CC1.Cl. The number of sulfone groups is 1.